The van der Waals surface area contributed by atoms with Gasteiger partial charge >= 0.3 is 0 Å². The maximum absolute atomic E-state index is 9.98. The molecule has 0 spiro atoms. The molecular weight excluding hydrogens is 340 g/mol. The van der Waals surface area contributed by atoms with Crippen molar-refractivity contribution in [1.82, 2.24) is 14.9 Å². The standard InChI is InChI=1S/C20H30N6O/c1-3-14(8-9-24-2)10-15-12-26(13-25-15)18(20(22)23)11-17(21)16-6-4-5-7-19(16)27/h4-7,11-14,24,27H,3,8-10,21-23H2,1-2H3/b17-11-. The number of benzene rings is 1. The first-order valence-electron chi connectivity index (χ1n) is 9.14. The van der Waals surface area contributed by atoms with Crippen molar-refractivity contribution >= 4 is 11.4 Å². The molecule has 0 aliphatic carbocycles. The van der Waals surface area contributed by atoms with Gasteiger partial charge in [-0.2, -0.15) is 0 Å². The third kappa shape index (κ3) is 5.52. The van der Waals surface area contributed by atoms with Crippen LogP contribution in [0.15, 0.2) is 48.7 Å². The maximum atomic E-state index is 9.98. The van der Waals surface area contributed by atoms with Gasteiger partial charge in [0.05, 0.1) is 17.7 Å². The third-order valence-electron chi connectivity index (χ3n) is 4.60. The zero-order valence-corrected chi connectivity index (χ0v) is 16.0. The monoisotopic (exact) mass is 370 g/mol. The van der Waals surface area contributed by atoms with Crippen LogP contribution >= 0.6 is 0 Å². The first-order valence-corrected chi connectivity index (χ1v) is 9.14. The van der Waals surface area contributed by atoms with E-state index in [0.717, 1.165) is 31.5 Å². The van der Waals surface area contributed by atoms with Gasteiger partial charge < -0.3 is 32.2 Å². The maximum Gasteiger partial charge on any atom is 0.124 e. The van der Waals surface area contributed by atoms with E-state index in [1.165, 1.54) is 0 Å². The van der Waals surface area contributed by atoms with Crippen molar-refractivity contribution in [2.24, 2.45) is 23.1 Å². The Kier molecular flexibility index (Phi) is 7.31. The van der Waals surface area contributed by atoms with Crippen molar-refractivity contribution in [2.45, 2.75) is 26.2 Å². The van der Waals surface area contributed by atoms with Crippen LogP contribution in [0.1, 0.15) is 31.0 Å². The van der Waals surface area contributed by atoms with Crippen molar-refractivity contribution in [3.63, 3.8) is 0 Å². The zero-order chi connectivity index (χ0) is 19.8. The Morgan fingerprint density at radius 2 is 2.04 bits per heavy atom. The van der Waals surface area contributed by atoms with Crippen LogP contribution in [0.3, 0.4) is 0 Å². The van der Waals surface area contributed by atoms with Crippen molar-refractivity contribution in [1.29, 1.82) is 0 Å². The number of aromatic nitrogens is 2. The lowest BCUT2D eigenvalue weighted by Crippen LogP contribution is -2.15. The summed E-state index contributed by atoms with van der Waals surface area (Å²) in [6, 6.07) is 6.85. The fourth-order valence-corrected chi connectivity index (χ4v) is 2.95. The predicted octanol–water partition coefficient (Wildman–Crippen LogP) is 1.81. The molecule has 0 saturated carbocycles. The van der Waals surface area contributed by atoms with Gasteiger partial charge in [0.2, 0.25) is 0 Å². The Labute approximate surface area is 160 Å². The molecule has 146 valence electrons. The highest BCUT2D eigenvalue weighted by Gasteiger charge is 2.12. The minimum atomic E-state index is 0.0998. The van der Waals surface area contributed by atoms with Crippen molar-refractivity contribution in [3.8, 4) is 5.75 Å². The molecule has 1 aromatic heterocycles. The molecule has 0 saturated heterocycles. The van der Waals surface area contributed by atoms with Crippen LogP contribution in [0.5, 0.6) is 5.75 Å². The summed E-state index contributed by atoms with van der Waals surface area (Å²) in [7, 11) is 1.96. The highest BCUT2D eigenvalue weighted by Crippen LogP contribution is 2.24. The highest BCUT2D eigenvalue weighted by molar-refractivity contribution is 5.77. The molecule has 7 heteroatoms. The number of nitrogens with zero attached hydrogens (tertiary/aromatic N) is 2. The number of hydrogen-bond donors (Lipinski definition) is 5. The van der Waals surface area contributed by atoms with Crippen LogP contribution in [0, 0.1) is 5.92 Å². The molecule has 1 atom stereocenters. The van der Waals surface area contributed by atoms with E-state index in [9.17, 15) is 5.11 Å². The molecule has 0 aliphatic rings. The average Bonchev–Trinajstić information content (AvgIpc) is 3.11. The topological polar surface area (TPSA) is 128 Å². The van der Waals surface area contributed by atoms with Crippen LogP contribution in [-0.2, 0) is 6.42 Å². The molecule has 0 radical (unpaired) electrons. The van der Waals surface area contributed by atoms with Gasteiger partial charge in [-0.25, -0.2) is 4.98 Å². The van der Waals surface area contributed by atoms with Gasteiger partial charge in [-0.05, 0) is 50.6 Å². The second-order valence-electron chi connectivity index (χ2n) is 6.60. The number of rotatable bonds is 9. The van der Waals surface area contributed by atoms with Crippen LogP contribution in [0.25, 0.3) is 11.4 Å². The van der Waals surface area contributed by atoms with E-state index in [1.807, 2.05) is 13.2 Å². The Morgan fingerprint density at radius 1 is 1.30 bits per heavy atom. The van der Waals surface area contributed by atoms with Gasteiger partial charge in [-0.15, -0.1) is 0 Å². The lowest BCUT2D eigenvalue weighted by atomic mass is 9.97. The normalized spacial score (nSPS) is 12.7. The van der Waals surface area contributed by atoms with Gasteiger partial charge in [0.1, 0.15) is 11.6 Å². The Hall–Kier alpha value is -2.93. The quantitative estimate of drug-likeness (QED) is 0.428. The first kappa shape index (κ1) is 20.4. The number of phenolic OH excluding ortho intramolecular Hbond substituents is 1. The first-order chi connectivity index (χ1) is 13.0. The van der Waals surface area contributed by atoms with Gasteiger partial charge in [0, 0.05) is 17.5 Å². The molecule has 0 bridgehead atoms. The van der Waals surface area contributed by atoms with E-state index < -0.39 is 0 Å². The zero-order valence-electron chi connectivity index (χ0n) is 16.0. The molecule has 2 aromatic rings. The van der Waals surface area contributed by atoms with E-state index in [4.69, 9.17) is 17.2 Å². The lowest BCUT2D eigenvalue weighted by molar-refractivity contribution is 0.455. The van der Waals surface area contributed by atoms with E-state index in [2.05, 4.69) is 17.2 Å². The lowest BCUT2D eigenvalue weighted by Gasteiger charge is -2.12. The molecule has 27 heavy (non-hydrogen) atoms. The van der Waals surface area contributed by atoms with Crippen molar-refractivity contribution in [2.75, 3.05) is 13.6 Å². The molecule has 1 aromatic carbocycles. The number of nitrogens with two attached hydrogens (primary N) is 3. The van der Waals surface area contributed by atoms with Crippen LogP contribution in [-0.4, -0.2) is 28.3 Å². The summed E-state index contributed by atoms with van der Waals surface area (Å²) in [4.78, 5) is 4.49. The summed E-state index contributed by atoms with van der Waals surface area (Å²) in [5.74, 6) is 0.785. The van der Waals surface area contributed by atoms with Crippen LogP contribution in [0.2, 0.25) is 0 Å². The molecule has 7 nitrogen and oxygen atoms in total. The minimum absolute atomic E-state index is 0.0998. The molecule has 0 aliphatic heterocycles. The Morgan fingerprint density at radius 3 is 2.67 bits per heavy atom. The molecular formula is C20H30N6O. The summed E-state index contributed by atoms with van der Waals surface area (Å²) in [5, 5.41) is 13.2. The summed E-state index contributed by atoms with van der Waals surface area (Å²) >= 11 is 0. The Bertz CT molecular complexity index is 804. The fourth-order valence-electron chi connectivity index (χ4n) is 2.95. The van der Waals surface area contributed by atoms with Gasteiger partial charge in [-0.1, -0.05) is 25.5 Å². The molecule has 0 amide bonds. The largest absolute Gasteiger partial charge is 0.507 e. The number of allylic oxidation sites excluding steroid dienone is 2. The van der Waals surface area contributed by atoms with Crippen molar-refractivity contribution < 1.29 is 5.11 Å². The van der Waals surface area contributed by atoms with E-state index in [0.29, 0.717) is 22.9 Å². The highest BCUT2D eigenvalue weighted by atomic mass is 16.3. The number of imidazole rings is 1. The summed E-state index contributed by atoms with van der Waals surface area (Å²) < 4.78 is 1.77. The fraction of sp³-hybridized carbons (Fsp3) is 0.350. The molecule has 8 N–H and O–H groups in total. The number of phenols is 1. The van der Waals surface area contributed by atoms with Crippen LogP contribution in [0.4, 0.5) is 0 Å². The van der Waals surface area contributed by atoms with Crippen molar-refractivity contribution in [3.05, 3.63) is 59.9 Å². The minimum Gasteiger partial charge on any atom is -0.507 e. The summed E-state index contributed by atoms with van der Waals surface area (Å²) in [6.45, 7) is 3.18. The molecule has 1 unspecified atom stereocenters. The summed E-state index contributed by atoms with van der Waals surface area (Å²) in [6.07, 6.45) is 8.34. The number of para-hydroxylation sites is 1. The van der Waals surface area contributed by atoms with E-state index in [1.54, 1.807) is 41.2 Å². The second kappa shape index (κ2) is 9.68. The number of nitrogens with one attached hydrogen (secondary N) is 1. The molecule has 1 heterocycles. The predicted molar refractivity (Wildman–Crippen MR) is 110 cm³/mol. The summed E-state index contributed by atoms with van der Waals surface area (Å²) in [5.41, 5.74) is 20.3. The van der Waals surface area contributed by atoms with E-state index in [-0.39, 0.29) is 11.6 Å². The second-order valence-corrected chi connectivity index (χ2v) is 6.60. The SMILES string of the molecule is CCC(CCNC)Cc1cn(C(/C=C(\N)c2ccccc2O)=C(N)N)cn1. The van der Waals surface area contributed by atoms with E-state index >= 15 is 0 Å². The van der Waals surface area contributed by atoms with Gasteiger partial charge in [0.25, 0.3) is 0 Å². The molecule has 2 rings (SSSR count). The third-order valence-corrected chi connectivity index (χ3v) is 4.60. The Balaban J connectivity index is 2.24. The average molecular weight is 371 g/mol. The van der Waals surface area contributed by atoms with Gasteiger partial charge in [-0.3, -0.25) is 0 Å². The number of aromatic hydroxyl groups is 1. The van der Waals surface area contributed by atoms with Gasteiger partial charge in [0.15, 0.2) is 0 Å². The van der Waals surface area contributed by atoms with Crippen LogP contribution < -0.4 is 22.5 Å². The number of hydrogen-bond acceptors (Lipinski definition) is 6. The smallest absolute Gasteiger partial charge is 0.124 e. The molecule has 0 fully saturated rings.